The first-order valence-corrected chi connectivity index (χ1v) is 10.9. The van der Waals surface area contributed by atoms with Crippen LogP contribution in [0.15, 0.2) is 109 Å². The van der Waals surface area contributed by atoms with Gasteiger partial charge in [0.25, 0.3) is 0 Å². The van der Waals surface area contributed by atoms with E-state index in [1.165, 1.54) is 32.2 Å². The summed E-state index contributed by atoms with van der Waals surface area (Å²) in [6, 6.07) is 37.8. The fourth-order valence-electron chi connectivity index (χ4n) is 3.95. The normalized spacial score (nSPS) is 11.2. The summed E-state index contributed by atoms with van der Waals surface area (Å²) in [7, 11) is -0.935. The van der Waals surface area contributed by atoms with Gasteiger partial charge in [-0.1, -0.05) is 109 Å². The third-order valence-electron chi connectivity index (χ3n) is 5.27. The van der Waals surface area contributed by atoms with Gasteiger partial charge in [0, 0.05) is 5.56 Å². The van der Waals surface area contributed by atoms with E-state index >= 15 is 0 Å². The van der Waals surface area contributed by atoms with Gasteiger partial charge in [0.2, 0.25) is 6.29 Å². The molecule has 2 heteroatoms. The lowest BCUT2D eigenvalue weighted by Crippen LogP contribution is -2.24. The van der Waals surface area contributed by atoms with E-state index in [1.807, 2.05) is 18.2 Å². The first-order chi connectivity index (χ1) is 14.4. The minimum Gasteiger partial charge on any atom is -0.285 e. The quantitative estimate of drug-likeness (QED) is 0.386. The topological polar surface area (TPSA) is 17.1 Å². The molecule has 0 amide bonds. The van der Waals surface area contributed by atoms with Crippen molar-refractivity contribution in [3.05, 3.63) is 115 Å². The van der Waals surface area contributed by atoms with Crippen molar-refractivity contribution in [1.29, 1.82) is 0 Å². The highest BCUT2D eigenvalue weighted by atomic mass is 31.1. The molecule has 1 nitrogen and oxygen atoms in total. The summed E-state index contributed by atoms with van der Waals surface area (Å²) in [5.74, 6) is 0. The molecule has 137 valence electrons. The fraction of sp³-hybridized carbons (Fsp3) is 0. The highest BCUT2D eigenvalue weighted by Crippen LogP contribution is 2.38. The fourth-order valence-corrected chi connectivity index (χ4v) is 6.69. The summed E-state index contributed by atoms with van der Waals surface area (Å²) in [5, 5.41) is 8.46. The maximum Gasteiger partial charge on any atom is 0.234 e. The van der Waals surface area contributed by atoms with Crippen molar-refractivity contribution in [1.82, 2.24) is 0 Å². The molecule has 0 spiro atoms. The van der Waals surface area contributed by atoms with Gasteiger partial charge in [0.15, 0.2) is 0 Å². The maximum atomic E-state index is 11.8. The van der Waals surface area contributed by atoms with Crippen LogP contribution in [0.1, 0.15) is 5.56 Å². The van der Waals surface area contributed by atoms with Crippen LogP contribution in [0.3, 0.4) is 0 Å². The molecule has 0 aliphatic rings. The molecule has 5 aromatic rings. The summed E-state index contributed by atoms with van der Waals surface area (Å²) in [6.07, 6.45) is 2.18. The van der Waals surface area contributed by atoms with Crippen LogP contribution >= 0.6 is 7.92 Å². The number of carbonyl (C=O) groups excluding carboxylic acids is 1. The van der Waals surface area contributed by atoms with E-state index in [0.717, 1.165) is 5.30 Å². The number of hydrogen-bond donors (Lipinski definition) is 0. The van der Waals surface area contributed by atoms with Gasteiger partial charge in [-0.3, -0.25) is 4.79 Å². The molecular formula is C27H18OP. The van der Waals surface area contributed by atoms with Crippen molar-refractivity contribution >= 4 is 51.7 Å². The van der Waals surface area contributed by atoms with E-state index in [1.54, 1.807) is 0 Å². The largest absolute Gasteiger partial charge is 0.285 e. The minimum absolute atomic E-state index is 0.638. The molecule has 0 aliphatic heterocycles. The van der Waals surface area contributed by atoms with Crippen LogP contribution in [0.2, 0.25) is 0 Å². The molecule has 0 fully saturated rings. The maximum absolute atomic E-state index is 11.8. The van der Waals surface area contributed by atoms with Gasteiger partial charge in [-0.05, 0) is 45.4 Å². The standard InChI is InChI=1S/C27H18OP/c28-19-22-11-3-6-16-25(22)29(26-17-7-12-20-9-1-4-14-23(20)26)27-18-8-13-21-10-2-5-15-24(21)27/h1-18H. The highest BCUT2D eigenvalue weighted by Gasteiger charge is 2.23. The van der Waals surface area contributed by atoms with E-state index < -0.39 is 7.92 Å². The van der Waals surface area contributed by atoms with Crippen LogP contribution < -0.4 is 15.9 Å². The first kappa shape index (κ1) is 17.8. The molecule has 0 heterocycles. The first-order valence-electron chi connectivity index (χ1n) is 9.60. The molecule has 1 radical (unpaired) electrons. The monoisotopic (exact) mass is 389 g/mol. The van der Waals surface area contributed by atoms with Crippen molar-refractivity contribution < 1.29 is 4.79 Å². The van der Waals surface area contributed by atoms with Gasteiger partial charge >= 0.3 is 0 Å². The van der Waals surface area contributed by atoms with E-state index in [9.17, 15) is 4.79 Å². The Bertz CT molecular complexity index is 1250. The molecule has 0 saturated carbocycles. The van der Waals surface area contributed by atoms with Crippen molar-refractivity contribution in [2.75, 3.05) is 0 Å². The molecule has 0 aromatic heterocycles. The smallest absolute Gasteiger partial charge is 0.234 e. The van der Waals surface area contributed by atoms with Crippen molar-refractivity contribution in [3.8, 4) is 0 Å². The van der Waals surface area contributed by atoms with Crippen LogP contribution in [0.5, 0.6) is 0 Å². The average molecular weight is 389 g/mol. The van der Waals surface area contributed by atoms with Crippen molar-refractivity contribution in [2.24, 2.45) is 0 Å². The van der Waals surface area contributed by atoms with Crippen LogP contribution in [0, 0.1) is 0 Å². The summed E-state index contributed by atoms with van der Waals surface area (Å²) in [5.41, 5.74) is 0.638. The van der Waals surface area contributed by atoms with Crippen molar-refractivity contribution in [3.63, 3.8) is 0 Å². The molecule has 5 rings (SSSR count). The Morgan fingerprint density at radius 3 is 1.52 bits per heavy atom. The summed E-state index contributed by atoms with van der Waals surface area (Å²) >= 11 is 0. The van der Waals surface area contributed by atoms with Crippen molar-refractivity contribution in [2.45, 2.75) is 0 Å². The number of rotatable bonds is 4. The molecule has 0 aliphatic carbocycles. The Balaban J connectivity index is 1.89. The molecule has 0 atom stereocenters. The molecular weight excluding hydrogens is 371 g/mol. The molecule has 5 aromatic carbocycles. The molecule has 0 saturated heterocycles. The van der Waals surface area contributed by atoms with Gasteiger partial charge in [0.1, 0.15) is 0 Å². The lowest BCUT2D eigenvalue weighted by Gasteiger charge is -2.23. The number of benzene rings is 5. The zero-order chi connectivity index (χ0) is 19.6. The molecule has 0 unspecified atom stereocenters. The SMILES string of the molecule is O=[C]c1ccccc1P(c1cccc2ccccc12)c1cccc2ccccc12. The third kappa shape index (κ3) is 3.14. The Kier molecular flexibility index (Phi) is 4.68. The summed E-state index contributed by atoms with van der Waals surface area (Å²) in [6.45, 7) is 0. The predicted molar refractivity (Wildman–Crippen MR) is 125 cm³/mol. The van der Waals surface area contributed by atoms with E-state index in [2.05, 4.69) is 97.3 Å². The second-order valence-electron chi connectivity index (χ2n) is 6.95. The van der Waals surface area contributed by atoms with Crippen LogP contribution in [0.25, 0.3) is 21.5 Å². The van der Waals surface area contributed by atoms with Crippen LogP contribution in [-0.4, -0.2) is 6.29 Å². The Labute approximate surface area is 171 Å². The zero-order valence-corrected chi connectivity index (χ0v) is 16.6. The number of hydrogen-bond acceptors (Lipinski definition) is 1. The Morgan fingerprint density at radius 1 is 0.483 bits per heavy atom. The Morgan fingerprint density at radius 2 is 0.931 bits per heavy atom. The van der Waals surface area contributed by atoms with Crippen LogP contribution in [0.4, 0.5) is 0 Å². The van der Waals surface area contributed by atoms with Crippen LogP contribution in [-0.2, 0) is 4.79 Å². The summed E-state index contributed by atoms with van der Waals surface area (Å²) in [4.78, 5) is 11.8. The van der Waals surface area contributed by atoms with Gasteiger partial charge in [-0.2, -0.15) is 0 Å². The van der Waals surface area contributed by atoms with Gasteiger partial charge in [0.05, 0.1) is 0 Å². The molecule has 0 bridgehead atoms. The highest BCUT2D eigenvalue weighted by molar-refractivity contribution is 7.80. The lowest BCUT2D eigenvalue weighted by molar-refractivity contribution is 0.563. The lowest BCUT2D eigenvalue weighted by atomic mass is 10.1. The second kappa shape index (κ2) is 7.62. The zero-order valence-electron chi connectivity index (χ0n) is 15.7. The number of fused-ring (bicyclic) bond motifs is 2. The van der Waals surface area contributed by atoms with E-state index in [0.29, 0.717) is 5.56 Å². The van der Waals surface area contributed by atoms with Gasteiger partial charge < -0.3 is 0 Å². The predicted octanol–water partition coefficient (Wildman–Crippen LogP) is 5.21. The van der Waals surface area contributed by atoms with Gasteiger partial charge in [-0.15, -0.1) is 0 Å². The molecule has 29 heavy (non-hydrogen) atoms. The third-order valence-corrected chi connectivity index (χ3v) is 7.89. The summed E-state index contributed by atoms with van der Waals surface area (Å²) < 4.78 is 0. The minimum atomic E-state index is -0.935. The molecule has 0 N–H and O–H groups in total. The average Bonchev–Trinajstić information content (AvgIpc) is 2.80. The van der Waals surface area contributed by atoms with E-state index in [4.69, 9.17) is 0 Å². The van der Waals surface area contributed by atoms with Gasteiger partial charge in [-0.25, -0.2) is 0 Å². The van der Waals surface area contributed by atoms with E-state index in [-0.39, 0.29) is 0 Å². The second-order valence-corrected chi connectivity index (χ2v) is 9.07. The Hall–Kier alpha value is -3.28.